The monoisotopic (exact) mass is 326 g/mol. The van der Waals surface area contributed by atoms with Crippen LogP contribution in [0.5, 0.6) is 0 Å². The summed E-state index contributed by atoms with van der Waals surface area (Å²) in [6, 6.07) is 11.5. The molecule has 1 aliphatic heterocycles. The molecule has 2 aromatic carbocycles. The molecule has 0 aliphatic carbocycles. The number of rotatable bonds is 3. The Balaban J connectivity index is 1.71. The lowest BCUT2D eigenvalue weighted by molar-refractivity contribution is -0.122. The Morgan fingerprint density at radius 2 is 1.75 bits per heavy atom. The molecule has 1 fully saturated rings. The van der Waals surface area contributed by atoms with Gasteiger partial charge in [0.15, 0.2) is 0 Å². The molecule has 24 heavy (non-hydrogen) atoms. The van der Waals surface area contributed by atoms with Crippen molar-refractivity contribution >= 4 is 23.2 Å². The minimum absolute atomic E-state index is 0.0562. The zero-order valence-corrected chi connectivity index (χ0v) is 13.7. The Bertz CT molecular complexity index is 766. The number of amides is 2. The van der Waals surface area contributed by atoms with Crippen molar-refractivity contribution in [3.05, 3.63) is 59.4 Å². The Labute approximate surface area is 140 Å². The van der Waals surface area contributed by atoms with E-state index in [-0.39, 0.29) is 24.1 Å². The Morgan fingerprint density at radius 3 is 2.38 bits per heavy atom. The van der Waals surface area contributed by atoms with Gasteiger partial charge in [-0.3, -0.25) is 9.59 Å². The molecule has 0 saturated carbocycles. The number of hydrogen-bond acceptors (Lipinski definition) is 2. The third kappa shape index (κ3) is 3.45. The van der Waals surface area contributed by atoms with Gasteiger partial charge in [-0.2, -0.15) is 0 Å². The minimum Gasteiger partial charge on any atom is -0.326 e. The SMILES string of the molecule is Cc1cc(C)cc(N2CC(C(=O)Nc3ccc(F)cc3)CC2=O)c1. The highest BCUT2D eigenvalue weighted by atomic mass is 19.1. The van der Waals surface area contributed by atoms with Crippen LogP contribution in [0.4, 0.5) is 15.8 Å². The molecule has 2 aromatic rings. The molecule has 1 atom stereocenters. The molecule has 3 rings (SSSR count). The van der Waals surface area contributed by atoms with Gasteiger partial charge in [-0.05, 0) is 61.4 Å². The van der Waals surface area contributed by atoms with Gasteiger partial charge in [-0.15, -0.1) is 0 Å². The van der Waals surface area contributed by atoms with E-state index in [0.717, 1.165) is 16.8 Å². The molecule has 1 N–H and O–H groups in total. The highest BCUT2D eigenvalue weighted by Gasteiger charge is 2.35. The molecule has 1 unspecified atom stereocenters. The molecule has 4 nitrogen and oxygen atoms in total. The van der Waals surface area contributed by atoms with Crippen molar-refractivity contribution in [1.82, 2.24) is 0 Å². The van der Waals surface area contributed by atoms with Crippen LogP contribution in [0.25, 0.3) is 0 Å². The van der Waals surface area contributed by atoms with Crippen LogP contribution in [0.2, 0.25) is 0 Å². The summed E-state index contributed by atoms with van der Waals surface area (Å²) in [4.78, 5) is 26.3. The van der Waals surface area contributed by atoms with E-state index < -0.39 is 5.92 Å². The first kappa shape index (κ1) is 16.2. The fourth-order valence-electron chi connectivity index (χ4n) is 3.02. The molecule has 0 bridgehead atoms. The lowest BCUT2D eigenvalue weighted by Crippen LogP contribution is -2.28. The number of carbonyl (C=O) groups excluding carboxylic acids is 2. The maximum absolute atomic E-state index is 12.9. The topological polar surface area (TPSA) is 49.4 Å². The van der Waals surface area contributed by atoms with Gasteiger partial charge >= 0.3 is 0 Å². The molecule has 0 radical (unpaired) electrons. The third-order valence-corrected chi connectivity index (χ3v) is 4.13. The molecular weight excluding hydrogens is 307 g/mol. The first-order valence-electron chi connectivity index (χ1n) is 7.87. The zero-order valence-electron chi connectivity index (χ0n) is 13.7. The van der Waals surface area contributed by atoms with Gasteiger partial charge in [0, 0.05) is 24.3 Å². The average molecular weight is 326 g/mol. The summed E-state index contributed by atoms with van der Waals surface area (Å²) in [5.74, 6) is -1.05. The van der Waals surface area contributed by atoms with E-state index in [9.17, 15) is 14.0 Å². The highest BCUT2D eigenvalue weighted by Crippen LogP contribution is 2.27. The number of aryl methyl sites for hydroxylation is 2. The van der Waals surface area contributed by atoms with Crippen LogP contribution in [0.1, 0.15) is 17.5 Å². The Kier molecular flexibility index (Phi) is 4.34. The van der Waals surface area contributed by atoms with Gasteiger partial charge in [0.2, 0.25) is 11.8 Å². The second-order valence-electron chi connectivity index (χ2n) is 6.25. The molecule has 1 saturated heterocycles. The summed E-state index contributed by atoms with van der Waals surface area (Å²) >= 11 is 0. The van der Waals surface area contributed by atoms with Crippen LogP contribution in [-0.4, -0.2) is 18.4 Å². The number of carbonyl (C=O) groups is 2. The quantitative estimate of drug-likeness (QED) is 0.939. The van der Waals surface area contributed by atoms with Crippen molar-refractivity contribution < 1.29 is 14.0 Å². The fraction of sp³-hybridized carbons (Fsp3) is 0.263. The van der Waals surface area contributed by atoms with E-state index in [1.807, 2.05) is 32.0 Å². The number of nitrogens with one attached hydrogen (secondary N) is 1. The van der Waals surface area contributed by atoms with E-state index in [1.165, 1.54) is 24.3 Å². The number of nitrogens with zero attached hydrogens (tertiary/aromatic N) is 1. The first-order valence-corrected chi connectivity index (χ1v) is 7.87. The number of halogens is 1. The number of anilines is 2. The number of benzene rings is 2. The van der Waals surface area contributed by atoms with Crippen LogP contribution in [0.15, 0.2) is 42.5 Å². The molecular formula is C19H19FN2O2. The predicted molar refractivity (Wildman–Crippen MR) is 91.4 cm³/mol. The van der Waals surface area contributed by atoms with E-state index >= 15 is 0 Å². The molecule has 0 spiro atoms. The zero-order chi connectivity index (χ0) is 17.3. The van der Waals surface area contributed by atoms with Gasteiger partial charge in [-0.25, -0.2) is 4.39 Å². The maximum Gasteiger partial charge on any atom is 0.229 e. The van der Waals surface area contributed by atoms with Crippen LogP contribution >= 0.6 is 0 Å². The van der Waals surface area contributed by atoms with Crippen LogP contribution in [0.3, 0.4) is 0 Å². The lowest BCUT2D eigenvalue weighted by atomic mass is 10.1. The van der Waals surface area contributed by atoms with Crippen molar-refractivity contribution in [2.45, 2.75) is 20.3 Å². The van der Waals surface area contributed by atoms with E-state index in [4.69, 9.17) is 0 Å². The predicted octanol–water partition coefficient (Wildman–Crippen LogP) is 3.43. The first-order chi connectivity index (χ1) is 11.4. The highest BCUT2D eigenvalue weighted by molar-refractivity contribution is 6.03. The van der Waals surface area contributed by atoms with Crippen molar-refractivity contribution in [1.29, 1.82) is 0 Å². The van der Waals surface area contributed by atoms with E-state index in [2.05, 4.69) is 5.32 Å². The second-order valence-corrected chi connectivity index (χ2v) is 6.25. The van der Waals surface area contributed by atoms with E-state index in [1.54, 1.807) is 4.90 Å². The van der Waals surface area contributed by atoms with E-state index in [0.29, 0.717) is 12.2 Å². The van der Waals surface area contributed by atoms with Crippen LogP contribution in [-0.2, 0) is 9.59 Å². The summed E-state index contributed by atoms with van der Waals surface area (Å²) < 4.78 is 12.9. The lowest BCUT2D eigenvalue weighted by Gasteiger charge is -2.18. The average Bonchev–Trinajstić information content (AvgIpc) is 2.91. The van der Waals surface area contributed by atoms with Crippen LogP contribution < -0.4 is 10.2 Å². The van der Waals surface area contributed by atoms with Gasteiger partial charge < -0.3 is 10.2 Å². The van der Waals surface area contributed by atoms with Gasteiger partial charge in [0.1, 0.15) is 5.82 Å². The van der Waals surface area contributed by atoms with Crippen molar-refractivity contribution in [2.75, 3.05) is 16.8 Å². The summed E-state index contributed by atoms with van der Waals surface area (Å²) in [6.45, 7) is 4.32. The molecule has 124 valence electrons. The minimum atomic E-state index is -0.414. The van der Waals surface area contributed by atoms with Crippen molar-refractivity contribution in [3.8, 4) is 0 Å². The Hall–Kier alpha value is -2.69. The molecule has 2 amide bonds. The summed E-state index contributed by atoms with van der Waals surface area (Å²) in [7, 11) is 0. The third-order valence-electron chi connectivity index (χ3n) is 4.13. The summed E-state index contributed by atoms with van der Waals surface area (Å²) in [6.07, 6.45) is 0.181. The largest absolute Gasteiger partial charge is 0.326 e. The van der Waals surface area contributed by atoms with Gasteiger partial charge in [0.25, 0.3) is 0 Å². The summed E-state index contributed by atoms with van der Waals surface area (Å²) in [5.41, 5.74) is 3.52. The van der Waals surface area contributed by atoms with Crippen molar-refractivity contribution in [2.24, 2.45) is 5.92 Å². The fourth-order valence-corrected chi connectivity index (χ4v) is 3.02. The second kappa shape index (κ2) is 6.43. The molecule has 0 aromatic heterocycles. The standard InChI is InChI=1S/C19H19FN2O2/c1-12-7-13(2)9-17(8-12)22-11-14(10-18(22)23)19(24)21-16-5-3-15(20)4-6-16/h3-9,14H,10-11H2,1-2H3,(H,21,24). The van der Waals surface area contributed by atoms with Gasteiger partial charge in [-0.1, -0.05) is 6.07 Å². The molecule has 1 aliphatic rings. The smallest absolute Gasteiger partial charge is 0.229 e. The van der Waals surface area contributed by atoms with Crippen molar-refractivity contribution in [3.63, 3.8) is 0 Å². The van der Waals surface area contributed by atoms with Crippen LogP contribution in [0, 0.1) is 25.6 Å². The Morgan fingerprint density at radius 1 is 1.12 bits per heavy atom. The normalized spacial score (nSPS) is 17.2. The maximum atomic E-state index is 12.9. The number of hydrogen-bond donors (Lipinski definition) is 1. The van der Waals surface area contributed by atoms with Gasteiger partial charge in [0.05, 0.1) is 5.92 Å². The molecule has 1 heterocycles. The summed E-state index contributed by atoms with van der Waals surface area (Å²) in [5, 5.41) is 2.74. The molecule has 5 heteroatoms.